The lowest BCUT2D eigenvalue weighted by Gasteiger charge is -2.28. The van der Waals surface area contributed by atoms with Gasteiger partial charge in [0.25, 0.3) is 0 Å². The molecule has 2 aliphatic heterocycles. The highest BCUT2D eigenvalue weighted by Gasteiger charge is 2.34. The number of rotatable bonds is 6. The molecule has 2 saturated heterocycles. The third-order valence-electron chi connectivity index (χ3n) is 4.79. The van der Waals surface area contributed by atoms with E-state index in [0.717, 1.165) is 38.4 Å². The number of hydrogen-bond acceptors (Lipinski definition) is 4. The van der Waals surface area contributed by atoms with Crippen LogP contribution in [0, 0.1) is 5.92 Å². The number of morpholine rings is 1. The summed E-state index contributed by atoms with van der Waals surface area (Å²) in [5.41, 5.74) is 0.881. The normalized spacial score (nSPS) is 21.6. The number of halogens is 1. The SMILES string of the molecule is O=C(NCc1ccccc1Cl)C1CC(=O)N(CCN2CCOCC2)C1. The summed E-state index contributed by atoms with van der Waals surface area (Å²) in [6.07, 6.45) is 0.289. The molecule has 2 heterocycles. The third-order valence-corrected chi connectivity index (χ3v) is 5.15. The molecule has 2 fully saturated rings. The largest absolute Gasteiger partial charge is 0.379 e. The first-order valence-corrected chi connectivity index (χ1v) is 9.10. The number of carbonyl (C=O) groups is 2. The van der Waals surface area contributed by atoms with Gasteiger partial charge in [0.2, 0.25) is 11.8 Å². The van der Waals surface area contributed by atoms with Crippen molar-refractivity contribution in [3.05, 3.63) is 34.9 Å². The minimum absolute atomic E-state index is 0.0613. The number of nitrogens with one attached hydrogen (secondary N) is 1. The lowest BCUT2D eigenvalue weighted by Crippen LogP contribution is -2.42. The number of likely N-dealkylation sites (tertiary alicyclic amines) is 1. The van der Waals surface area contributed by atoms with Crippen molar-refractivity contribution in [1.29, 1.82) is 0 Å². The van der Waals surface area contributed by atoms with Gasteiger partial charge in [-0.3, -0.25) is 14.5 Å². The highest BCUT2D eigenvalue weighted by Crippen LogP contribution is 2.19. The molecule has 7 heteroatoms. The molecular formula is C18H24ClN3O3. The van der Waals surface area contributed by atoms with Crippen LogP contribution in [-0.4, -0.2) is 67.6 Å². The van der Waals surface area contributed by atoms with E-state index < -0.39 is 0 Å². The van der Waals surface area contributed by atoms with E-state index in [9.17, 15) is 9.59 Å². The van der Waals surface area contributed by atoms with E-state index in [0.29, 0.717) is 24.7 Å². The molecule has 1 atom stereocenters. The molecule has 1 aromatic rings. The fraction of sp³-hybridized carbons (Fsp3) is 0.556. The van der Waals surface area contributed by atoms with Gasteiger partial charge in [-0.1, -0.05) is 29.8 Å². The first kappa shape index (κ1) is 18.2. The molecule has 0 aliphatic carbocycles. The van der Waals surface area contributed by atoms with Gasteiger partial charge in [0.1, 0.15) is 0 Å². The van der Waals surface area contributed by atoms with Gasteiger partial charge in [0, 0.05) is 50.7 Å². The molecule has 3 rings (SSSR count). The van der Waals surface area contributed by atoms with Gasteiger partial charge in [-0.2, -0.15) is 0 Å². The number of nitrogens with zero attached hydrogens (tertiary/aromatic N) is 2. The Morgan fingerprint density at radius 1 is 1.24 bits per heavy atom. The third kappa shape index (κ3) is 4.93. The van der Waals surface area contributed by atoms with Gasteiger partial charge >= 0.3 is 0 Å². The van der Waals surface area contributed by atoms with Gasteiger partial charge in [-0.15, -0.1) is 0 Å². The lowest BCUT2D eigenvalue weighted by atomic mass is 10.1. The van der Waals surface area contributed by atoms with Crippen LogP contribution in [0.1, 0.15) is 12.0 Å². The highest BCUT2D eigenvalue weighted by molar-refractivity contribution is 6.31. The van der Waals surface area contributed by atoms with E-state index >= 15 is 0 Å². The quantitative estimate of drug-likeness (QED) is 0.821. The van der Waals surface area contributed by atoms with Crippen molar-refractivity contribution < 1.29 is 14.3 Å². The highest BCUT2D eigenvalue weighted by atomic mass is 35.5. The molecule has 0 aromatic heterocycles. The van der Waals surface area contributed by atoms with Crippen molar-refractivity contribution >= 4 is 23.4 Å². The van der Waals surface area contributed by atoms with Gasteiger partial charge in [-0.25, -0.2) is 0 Å². The van der Waals surface area contributed by atoms with Crippen LogP contribution >= 0.6 is 11.6 Å². The minimum Gasteiger partial charge on any atom is -0.379 e. The smallest absolute Gasteiger partial charge is 0.225 e. The second-order valence-corrected chi connectivity index (χ2v) is 6.91. The summed E-state index contributed by atoms with van der Waals surface area (Å²) in [4.78, 5) is 28.6. The molecule has 0 radical (unpaired) electrons. The Hall–Kier alpha value is -1.63. The molecule has 1 N–H and O–H groups in total. The van der Waals surface area contributed by atoms with E-state index in [-0.39, 0.29) is 24.2 Å². The fourth-order valence-corrected chi connectivity index (χ4v) is 3.42. The summed E-state index contributed by atoms with van der Waals surface area (Å²) in [5, 5.41) is 3.54. The van der Waals surface area contributed by atoms with Crippen LogP contribution in [0.3, 0.4) is 0 Å². The maximum Gasteiger partial charge on any atom is 0.225 e. The standard InChI is InChI=1S/C18H24ClN3O3/c19-16-4-2-1-3-14(16)12-20-18(24)15-11-17(23)22(13-15)6-5-21-7-9-25-10-8-21/h1-4,15H,5-13H2,(H,20,24). The first-order chi connectivity index (χ1) is 12.1. The van der Waals surface area contributed by atoms with Crippen LogP contribution in [-0.2, 0) is 20.9 Å². The van der Waals surface area contributed by atoms with Crippen molar-refractivity contribution in [3.63, 3.8) is 0 Å². The second-order valence-electron chi connectivity index (χ2n) is 6.50. The van der Waals surface area contributed by atoms with Crippen molar-refractivity contribution in [2.24, 2.45) is 5.92 Å². The average molecular weight is 366 g/mol. The topological polar surface area (TPSA) is 61.9 Å². The van der Waals surface area contributed by atoms with Crippen molar-refractivity contribution in [2.45, 2.75) is 13.0 Å². The Balaban J connectivity index is 1.44. The van der Waals surface area contributed by atoms with E-state index in [1.807, 2.05) is 18.2 Å². The Bertz CT molecular complexity index is 619. The van der Waals surface area contributed by atoms with Crippen LogP contribution in [0.4, 0.5) is 0 Å². The zero-order chi connectivity index (χ0) is 17.6. The summed E-state index contributed by atoms with van der Waals surface area (Å²) in [5.74, 6) is -0.298. The van der Waals surface area contributed by atoms with E-state index in [1.54, 1.807) is 11.0 Å². The molecule has 0 saturated carbocycles. The van der Waals surface area contributed by atoms with Gasteiger partial charge in [0.15, 0.2) is 0 Å². The maximum atomic E-state index is 12.4. The fourth-order valence-electron chi connectivity index (χ4n) is 3.22. The van der Waals surface area contributed by atoms with Crippen LogP contribution < -0.4 is 5.32 Å². The number of amides is 2. The number of ether oxygens (including phenoxy) is 1. The van der Waals surface area contributed by atoms with Crippen molar-refractivity contribution in [3.8, 4) is 0 Å². The van der Waals surface area contributed by atoms with Crippen LogP contribution in [0.2, 0.25) is 5.02 Å². The van der Waals surface area contributed by atoms with E-state index in [1.165, 1.54) is 0 Å². The molecule has 0 bridgehead atoms. The summed E-state index contributed by atoms with van der Waals surface area (Å²) in [6.45, 7) is 5.71. The van der Waals surface area contributed by atoms with Crippen molar-refractivity contribution in [2.75, 3.05) is 45.9 Å². The predicted molar refractivity (Wildman–Crippen MR) is 95.2 cm³/mol. The number of benzene rings is 1. The zero-order valence-corrected chi connectivity index (χ0v) is 15.0. The predicted octanol–water partition coefficient (Wildman–Crippen LogP) is 1.14. The molecule has 6 nitrogen and oxygen atoms in total. The summed E-state index contributed by atoms with van der Waals surface area (Å²) >= 11 is 6.10. The summed E-state index contributed by atoms with van der Waals surface area (Å²) in [7, 11) is 0. The number of carbonyl (C=O) groups excluding carboxylic acids is 2. The molecule has 2 amide bonds. The molecule has 2 aliphatic rings. The van der Waals surface area contributed by atoms with E-state index in [2.05, 4.69) is 10.2 Å². The Kier molecular flexibility index (Phi) is 6.29. The number of hydrogen-bond donors (Lipinski definition) is 1. The monoisotopic (exact) mass is 365 g/mol. The molecule has 0 spiro atoms. The van der Waals surface area contributed by atoms with Crippen LogP contribution in [0.15, 0.2) is 24.3 Å². The van der Waals surface area contributed by atoms with Crippen molar-refractivity contribution in [1.82, 2.24) is 15.1 Å². The Morgan fingerprint density at radius 2 is 2.00 bits per heavy atom. The lowest BCUT2D eigenvalue weighted by molar-refractivity contribution is -0.129. The summed E-state index contributed by atoms with van der Waals surface area (Å²) < 4.78 is 5.33. The molecular weight excluding hydrogens is 342 g/mol. The molecule has 25 heavy (non-hydrogen) atoms. The minimum atomic E-state index is -0.278. The van der Waals surface area contributed by atoms with E-state index in [4.69, 9.17) is 16.3 Å². The average Bonchev–Trinajstić information content (AvgIpc) is 3.01. The molecule has 1 aromatic carbocycles. The second kappa shape index (κ2) is 8.65. The molecule has 136 valence electrons. The van der Waals surface area contributed by atoms with Gasteiger partial charge in [-0.05, 0) is 11.6 Å². The van der Waals surface area contributed by atoms with Crippen LogP contribution in [0.25, 0.3) is 0 Å². The first-order valence-electron chi connectivity index (χ1n) is 8.72. The summed E-state index contributed by atoms with van der Waals surface area (Å²) in [6, 6.07) is 7.43. The Labute approximate surface area is 153 Å². The molecule has 1 unspecified atom stereocenters. The maximum absolute atomic E-state index is 12.4. The van der Waals surface area contributed by atoms with Gasteiger partial charge < -0.3 is 15.0 Å². The Morgan fingerprint density at radius 3 is 2.76 bits per heavy atom. The van der Waals surface area contributed by atoms with Crippen LogP contribution in [0.5, 0.6) is 0 Å². The van der Waals surface area contributed by atoms with Gasteiger partial charge in [0.05, 0.1) is 19.1 Å². The zero-order valence-electron chi connectivity index (χ0n) is 14.2.